The van der Waals surface area contributed by atoms with Crippen molar-refractivity contribution in [2.75, 3.05) is 19.1 Å². The molecule has 1 aromatic carbocycles. The van der Waals surface area contributed by atoms with Crippen LogP contribution in [0.3, 0.4) is 0 Å². The Bertz CT molecular complexity index is 381. The molecule has 1 aromatic rings. The van der Waals surface area contributed by atoms with Gasteiger partial charge in [-0.3, -0.25) is 0 Å². The van der Waals surface area contributed by atoms with Crippen LogP contribution in [0.25, 0.3) is 0 Å². The number of hydrogen-bond donors (Lipinski definition) is 0. The number of carbonyl (C=O) groups is 1. The molecule has 0 aromatic heterocycles. The molecule has 6 heteroatoms. The Balaban J connectivity index is 3.02. The van der Waals surface area contributed by atoms with Crippen LogP contribution in [-0.2, 0) is 0 Å². The Morgan fingerprint density at radius 2 is 2.07 bits per heavy atom. The van der Waals surface area contributed by atoms with Gasteiger partial charge in [-0.2, -0.15) is 0 Å². The summed E-state index contributed by atoms with van der Waals surface area (Å²) in [6.07, 6.45) is 0. The smallest absolute Gasteiger partial charge is 0.329 e. The van der Waals surface area contributed by atoms with E-state index in [0.29, 0.717) is 5.69 Å². The van der Waals surface area contributed by atoms with Gasteiger partial charge in [-0.25, -0.2) is 4.79 Å². The minimum atomic E-state index is -0.483. The van der Waals surface area contributed by atoms with Crippen molar-refractivity contribution in [2.45, 2.75) is 0 Å². The molecule has 0 saturated carbocycles. The number of anilines is 1. The highest BCUT2D eigenvalue weighted by Crippen LogP contribution is 2.20. The van der Waals surface area contributed by atoms with Gasteiger partial charge in [0.1, 0.15) is 0 Å². The predicted octanol–water partition coefficient (Wildman–Crippen LogP) is 2.62. The molecular weight excluding hydrogens is 262 g/mol. The third-order valence-electron chi connectivity index (χ3n) is 1.70. The molecule has 0 aliphatic rings. The van der Waals surface area contributed by atoms with Gasteiger partial charge < -0.3 is 4.90 Å². The maximum atomic E-state index is 11.5. The Morgan fingerprint density at radius 3 is 2.53 bits per heavy atom. The summed E-state index contributed by atoms with van der Waals surface area (Å²) in [7, 11) is 3.11. The molecule has 15 heavy (non-hydrogen) atoms. The number of nitrogens with zero attached hydrogens (tertiary/aromatic N) is 3. The summed E-state index contributed by atoms with van der Waals surface area (Å²) in [5.74, 6) is 0. The van der Waals surface area contributed by atoms with Crippen molar-refractivity contribution in [1.29, 1.82) is 0 Å². The number of halogens is 1. The molecule has 0 bridgehead atoms. The van der Waals surface area contributed by atoms with Gasteiger partial charge in [-0.1, -0.05) is 22.0 Å². The summed E-state index contributed by atoms with van der Waals surface area (Å²) in [5, 5.41) is 3.49. The Kier molecular flexibility index (Phi) is 3.79. The lowest BCUT2D eigenvalue weighted by Gasteiger charge is -2.18. The third-order valence-corrected chi connectivity index (χ3v) is 2.19. The number of carbonyl (C=O) groups excluding carboxylic acids is 1. The molecule has 0 spiro atoms. The zero-order valence-corrected chi connectivity index (χ0v) is 9.93. The van der Waals surface area contributed by atoms with Crippen LogP contribution in [0.15, 0.2) is 34.0 Å². The van der Waals surface area contributed by atoms with E-state index in [2.05, 4.69) is 21.2 Å². The maximum absolute atomic E-state index is 11.5. The number of benzene rings is 1. The third kappa shape index (κ3) is 2.76. The van der Waals surface area contributed by atoms with Gasteiger partial charge in [0.15, 0.2) is 0 Å². The number of amides is 2. The molecule has 80 valence electrons. The summed E-state index contributed by atoms with van der Waals surface area (Å²) in [5.41, 5.74) is 0.429. The Hall–Kier alpha value is -1.43. The van der Waals surface area contributed by atoms with Crippen molar-refractivity contribution < 1.29 is 4.79 Å². The van der Waals surface area contributed by atoms with Crippen molar-refractivity contribution in [2.24, 2.45) is 5.29 Å². The Morgan fingerprint density at radius 1 is 1.40 bits per heavy atom. The number of urea groups is 1. The van der Waals surface area contributed by atoms with Crippen LogP contribution < -0.4 is 5.01 Å². The van der Waals surface area contributed by atoms with Gasteiger partial charge in [0.2, 0.25) is 0 Å². The number of hydrogen-bond acceptors (Lipinski definition) is 3. The molecule has 0 fully saturated rings. The Labute approximate surface area is 95.7 Å². The second-order valence-electron chi connectivity index (χ2n) is 3.05. The zero-order valence-electron chi connectivity index (χ0n) is 8.35. The van der Waals surface area contributed by atoms with Gasteiger partial charge >= 0.3 is 6.03 Å². The van der Waals surface area contributed by atoms with E-state index >= 15 is 0 Å². The quantitative estimate of drug-likeness (QED) is 0.613. The topological polar surface area (TPSA) is 53.0 Å². The van der Waals surface area contributed by atoms with E-state index in [-0.39, 0.29) is 0 Å². The first-order valence-electron chi connectivity index (χ1n) is 4.16. The first-order valence-corrected chi connectivity index (χ1v) is 4.96. The van der Waals surface area contributed by atoms with Crippen LogP contribution in [0, 0.1) is 4.91 Å². The number of rotatable bonds is 2. The van der Waals surface area contributed by atoms with Crippen molar-refractivity contribution in [1.82, 2.24) is 4.90 Å². The first kappa shape index (κ1) is 11.6. The second-order valence-corrected chi connectivity index (χ2v) is 3.97. The van der Waals surface area contributed by atoms with Crippen molar-refractivity contribution in [3.8, 4) is 0 Å². The minimum Gasteiger partial charge on any atom is -0.329 e. The summed E-state index contributed by atoms with van der Waals surface area (Å²) in [6.45, 7) is 0. The standard InChI is InChI=1S/C9H10BrN3O2/c1-12(2)9(14)13(11-15)8-5-3-4-7(10)6-8/h3-6H,1-2H3. The highest BCUT2D eigenvalue weighted by Gasteiger charge is 2.18. The summed E-state index contributed by atoms with van der Waals surface area (Å²) in [4.78, 5) is 23.4. The fourth-order valence-electron chi connectivity index (χ4n) is 0.990. The van der Waals surface area contributed by atoms with E-state index in [1.54, 1.807) is 38.4 Å². The molecule has 1 rings (SSSR count). The lowest BCUT2D eigenvalue weighted by atomic mass is 10.3. The average molecular weight is 272 g/mol. The van der Waals surface area contributed by atoms with Crippen LogP contribution in [0.2, 0.25) is 0 Å². The minimum absolute atomic E-state index is 0.429. The summed E-state index contributed by atoms with van der Waals surface area (Å²) in [6, 6.07) is 6.31. The van der Waals surface area contributed by atoms with Gasteiger partial charge in [-0.05, 0) is 18.2 Å². The van der Waals surface area contributed by atoms with E-state index < -0.39 is 6.03 Å². The van der Waals surface area contributed by atoms with Crippen LogP contribution in [0.1, 0.15) is 0 Å². The molecule has 0 atom stereocenters. The fraction of sp³-hybridized carbons (Fsp3) is 0.222. The average Bonchev–Trinajstić information content (AvgIpc) is 2.18. The molecule has 0 aliphatic carbocycles. The largest absolute Gasteiger partial charge is 0.347 e. The van der Waals surface area contributed by atoms with Crippen LogP contribution in [-0.4, -0.2) is 25.0 Å². The molecule has 0 heterocycles. The van der Waals surface area contributed by atoms with Gasteiger partial charge in [0, 0.05) is 18.6 Å². The van der Waals surface area contributed by atoms with E-state index in [0.717, 1.165) is 9.48 Å². The lowest BCUT2D eigenvalue weighted by molar-refractivity contribution is 0.224. The van der Waals surface area contributed by atoms with Crippen molar-refractivity contribution in [3.05, 3.63) is 33.6 Å². The maximum Gasteiger partial charge on any atom is 0.347 e. The molecule has 0 radical (unpaired) electrons. The highest BCUT2D eigenvalue weighted by molar-refractivity contribution is 9.10. The second kappa shape index (κ2) is 4.88. The normalized spacial score (nSPS) is 9.53. The van der Waals surface area contributed by atoms with Crippen LogP contribution in [0.5, 0.6) is 0 Å². The molecule has 0 N–H and O–H groups in total. The first-order chi connectivity index (χ1) is 7.06. The molecule has 0 saturated heterocycles. The molecule has 0 aliphatic heterocycles. The highest BCUT2D eigenvalue weighted by atomic mass is 79.9. The SMILES string of the molecule is CN(C)C(=O)N(N=O)c1cccc(Br)c1. The molecule has 5 nitrogen and oxygen atoms in total. The molecular formula is C9H10BrN3O2. The fourth-order valence-corrected chi connectivity index (χ4v) is 1.38. The molecule has 0 unspecified atom stereocenters. The van der Waals surface area contributed by atoms with E-state index in [9.17, 15) is 9.70 Å². The molecule has 2 amide bonds. The van der Waals surface area contributed by atoms with Crippen molar-refractivity contribution >= 4 is 27.6 Å². The zero-order chi connectivity index (χ0) is 11.4. The summed E-state index contributed by atoms with van der Waals surface area (Å²) < 4.78 is 0.778. The van der Waals surface area contributed by atoms with Crippen molar-refractivity contribution in [3.63, 3.8) is 0 Å². The van der Waals surface area contributed by atoms with E-state index in [1.165, 1.54) is 4.90 Å². The van der Waals surface area contributed by atoms with Crippen LogP contribution >= 0.6 is 15.9 Å². The van der Waals surface area contributed by atoms with Crippen LogP contribution in [0.4, 0.5) is 10.5 Å². The van der Waals surface area contributed by atoms with Gasteiger partial charge in [-0.15, -0.1) is 9.92 Å². The van der Waals surface area contributed by atoms with E-state index in [4.69, 9.17) is 0 Å². The monoisotopic (exact) mass is 271 g/mol. The summed E-state index contributed by atoms with van der Waals surface area (Å²) >= 11 is 3.25. The lowest BCUT2D eigenvalue weighted by Crippen LogP contribution is -2.35. The van der Waals surface area contributed by atoms with Gasteiger partial charge in [0.05, 0.1) is 11.0 Å². The van der Waals surface area contributed by atoms with E-state index in [1.807, 2.05) is 0 Å². The number of nitroso groups, excluding NO2 is 1. The van der Waals surface area contributed by atoms with Gasteiger partial charge in [0.25, 0.3) is 0 Å². The predicted molar refractivity (Wildman–Crippen MR) is 61.5 cm³/mol.